The van der Waals surface area contributed by atoms with E-state index in [1.54, 1.807) is 6.92 Å². The number of carbonyl (C=O) groups is 2. The van der Waals surface area contributed by atoms with E-state index in [2.05, 4.69) is 10.5 Å². The number of carboxylic acid groups (broad SMARTS) is 2. The zero-order valence-corrected chi connectivity index (χ0v) is 12.0. The van der Waals surface area contributed by atoms with Crippen LogP contribution in [0, 0.1) is 10.1 Å². The van der Waals surface area contributed by atoms with E-state index in [0.29, 0.717) is 0 Å². The molecule has 0 aromatic heterocycles. The smallest absolute Gasteiger partial charge is 0.353 e. The van der Waals surface area contributed by atoms with Crippen molar-refractivity contribution in [3.8, 4) is 0 Å². The van der Waals surface area contributed by atoms with Crippen LogP contribution in [0.4, 0.5) is 5.69 Å². The fraction of sp³-hybridized carbons (Fsp3) is 0.214. The molecule has 0 radical (unpaired) electrons. The average molecular weight is 319 g/mol. The molecular weight excluding hydrogens is 306 g/mol. The van der Waals surface area contributed by atoms with Crippen LogP contribution in [0.5, 0.6) is 0 Å². The Morgan fingerprint density at radius 1 is 1.30 bits per heavy atom. The van der Waals surface area contributed by atoms with Crippen molar-refractivity contribution in [3.63, 3.8) is 0 Å². The summed E-state index contributed by atoms with van der Waals surface area (Å²) in [5.74, 6) is -4.14. The van der Waals surface area contributed by atoms with Crippen molar-refractivity contribution >= 4 is 23.3 Å². The van der Waals surface area contributed by atoms with Gasteiger partial charge in [-0.3, -0.25) is 15.5 Å². The lowest BCUT2D eigenvalue weighted by atomic mass is 9.83. The van der Waals surface area contributed by atoms with Crippen molar-refractivity contribution in [2.24, 2.45) is 5.10 Å². The molecule has 9 nitrogen and oxygen atoms in total. The maximum absolute atomic E-state index is 11.6. The maximum Gasteiger partial charge on any atom is 0.353 e. The zero-order chi connectivity index (χ0) is 17.1. The summed E-state index contributed by atoms with van der Waals surface area (Å²) in [7, 11) is 0. The molecular formula is C14H13N3O6. The van der Waals surface area contributed by atoms with Gasteiger partial charge in [-0.15, -0.1) is 0 Å². The Kier molecular flexibility index (Phi) is 4.39. The van der Waals surface area contributed by atoms with Gasteiger partial charge in [0.1, 0.15) is 0 Å². The lowest BCUT2D eigenvalue weighted by Crippen LogP contribution is -2.35. The number of benzene rings is 1. The van der Waals surface area contributed by atoms with Crippen LogP contribution in [0.15, 0.2) is 40.6 Å². The van der Waals surface area contributed by atoms with Gasteiger partial charge in [0.15, 0.2) is 5.71 Å². The number of hydrogen-bond donors (Lipinski definition) is 3. The van der Waals surface area contributed by atoms with Crippen LogP contribution in [-0.4, -0.2) is 32.8 Å². The fourth-order valence-corrected chi connectivity index (χ4v) is 2.46. The molecule has 120 valence electrons. The van der Waals surface area contributed by atoms with Gasteiger partial charge in [-0.05, 0) is 6.42 Å². The van der Waals surface area contributed by atoms with Crippen LogP contribution >= 0.6 is 0 Å². The molecule has 3 N–H and O–H groups in total. The molecule has 1 atom stereocenters. The summed E-state index contributed by atoms with van der Waals surface area (Å²) in [4.78, 5) is 33.6. The van der Waals surface area contributed by atoms with Crippen molar-refractivity contribution in [1.29, 1.82) is 0 Å². The largest absolute Gasteiger partial charge is 0.478 e. The minimum atomic E-state index is -1.45. The van der Waals surface area contributed by atoms with Gasteiger partial charge in [0.2, 0.25) is 0 Å². The Morgan fingerprint density at radius 2 is 1.96 bits per heavy atom. The lowest BCUT2D eigenvalue weighted by Gasteiger charge is -2.25. The molecule has 1 aromatic rings. The second kappa shape index (κ2) is 6.26. The summed E-state index contributed by atoms with van der Waals surface area (Å²) in [6, 6.07) is 5.44. The molecule has 1 aliphatic rings. The minimum absolute atomic E-state index is 0.0245. The zero-order valence-electron chi connectivity index (χ0n) is 12.0. The maximum atomic E-state index is 11.6. The van der Waals surface area contributed by atoms with Gasteiger partial charge < -0.3 is 10.2 Å². The molecule has 23 heavy (non-hydrogen) atoms. The first-order valence-electron chi connectivity index (χ1n) is 6.65. The third kappa shape index (κ3) is 2.89. The van der Waals surface area contributed by atoms with Gasteiger partial charge in [-0.1, -0.05) is 25.1 Å². The SMILES string of the molecule is CCC1=C(C(=O)O)C(c2ccccc2[N+](=O)[O-])C(C(=O)O)=NN1. The van der Waals surface area contributed by atoms with Crippen LogP contribution in [0.25, 0.3) is 0 Å². The summed E-state index contributed by atoms with van der Waals surface area (Å²) in [6.07, 6.45) is 0.259. The third-order valence-electron chi connectivity index (χ3n) is 3.45. The van der Waals surface area contributed by atoms with E-state index >= 15 is 0 Å². The van der Waals surface area contributed by atoms with E-state index in [-0.39, 0.29) is 28.9 Å². The average Bonchev–Trinajstić information content (AvgIpc) is 2.52. The van der Waals surface area contributed by atoms with Gasteiger partial charge in [0, 0.05) is 17.3 Å². The molecule has 9 heteroatoms. The number of rotatable bonds is 5. The standard InChI is InChI=1S/C14H13N3O6/c1-2-8-11(13(18)19)10(12(14(20)21)16-15-8)7-5-3-4-6-9(7)17(22)23/h3-6,10,15H,2H2,1H3,(H,18,19)(H,20,21). The molecule has 1 heterocycles. The van der Waals surface area contributed by atoms with Crippen LogP contribution in [0.3, 0.4) is 0 Å². The monoisotopic (exact) mass is 319 g/mol. The minimum Gasteiger partial charge on any atom is -0.478 e. The van der Waals surface area contributed by atoms with E-state index in [1.165, 1.54) is 24.3 Å². The molecule has 0 fully saturated rings. The van der Waals surface area contributed by atoms with Gasteiger partial charge in [0.05, 0.1) is 16.4 Å². The molecule has 0 aliphatic carbocycles. The van der Waals surface area contributed by atoms with Crippen LogP contribution in [-0.2, 0) is 9.59 Å². The number of carboxylic acids is 2. The van der Waals surface area contributed by atoms with Gasteiger partial charge in [-0.25, -0.2) is 9.59 Å². The molecule has 1 aromatic carbocycles. The van der Waals surface area contributed by atoms with Gasteiger partial charge in [-0.2, -0.15) is 5.10 Å². The number of para-hydroxylation sites is 1. The molecule has 0 saturated heterocycles. The summed E-state index contributed by atoms with van der Waals surface area (Å²) in [5.41, 5.74) is 1.49. The van der Waals surface area contributed by atoms with E-state index in [4.69, 9.17) is 0 Å². The van der Waals surface area contributed by atoms with Crippen molar-refractivity contribution in [2.45, 2.75) is 19.3 Å². The number of hydrazone groups is 1. The van der Waals surface area contributed by atoms with Crippen LogP contribution in [0.1, 0.15) is 24.8 Å². The second-order valence-electron chi connectivity index (χ2n) is 4.71. The number of nitrogens with zero attached hydrogens (tertiary/aromatic N) is 2. The molecule has 1 aliphatic heterocycles. The number of hydrogen-bond acceptors (Lipinski definition) is 6. The van der Waals surface area contributed by atoms with E-state index in [0.717, 1.165) is 0 Å². The first-order chi connectivity index (χ1) is 10.9. The number of nitro groups is 1. The van der Waals surface area contributed by atoms with E-state index in [1.807, 2.05) is 0 Å². The van der Waals surface area contributed by atoms with Gasteiger partial charge in [0.25, 0.3) is 5.69 Å². The Labute approximate surface area is 130 Å². The molecule has 0 bridgehead atoms. The Balaban J connectivity index is 2.75. The number of aliphatic carboxylic acids is 2. The van der Waals surface area contributed by atoms with Crippen LogP contribution < -0.4 is 5.43 Å². The quantitative estimate of drug-likeness (QED) is 0.551. The number of allylic oxidation sites excluding steroid dienone is 1. The third-order valence-corrected chi connectivity index (χ3v) is 3.45. The predicted molar refractivity (Wildman–Crippen MR) is 79.0 cm³/mol. The first kappa shape index (κ1) is 16.1. The normalized spacial score (nSPS) is 17.3. The molecule has 1 unspecified atom stereocenters. The molecule has 0 spiro atoms. The first-order valence-corrected chi connectivity index (χ1v) is 6.65. The van der Waals surface area contributed by atoms with Gasteiger partial charge >= 0.3 is 11.9 Å². The Hall–Kier alpha value is -3.23. The van der Waals surface area contributed by atoms with Crippen molar-refractivity contribution < 1.29 is 24.7 Å². The highest BCUT2D eigenvalue weighted by Gasteiger charge is 2.39. The van der Waals surface area contributed by atoms with E-state index < -0.39 is 28.5 Å². The summed E-state index contributed by atoms with van der Waals surface area (Å²) < 4.78 is 0. The second-order valence-corrected chi connectivity index (χ2v) is 4.71. The molecule has 2 rings (SSSR count). The van der Waals surface area contributed by atoms with Crippen molar-refractivity contribution in [1.82, 2.24) is 5.43 Å². The molecule has 0 amide bonds. The molecule has 0 saturated carbocycles. The summed E-state index contributed by atoms with van der Waals surface area (Å²) >= 11 is 0. The van der Waals surface area contributed by atoms with E-state index in [9.17, 15) is 29.9 Å². The highest BCUT2D eigenvalue weighted by atomic mass is 16.6. The predicted octanol–water partition coefficient (Wildman–Crippen LogP) is 1.47. The Morgan fingerprint density at radius 3 is 2.48 bits per heavy atom. The number of nitrogens with one attached hydrogen (secondary N) is 1. The topological polar surface area (TPSA) is 142 Å². The summed E-state index contributed by atoms with van der Waals surface area (Å²) in [6.45, 7) is 1.67. The highest BCUT2D eigenvalue weighted by Crippen LogP contribution is 2.36. The highest BCUT2D eigenvalue weighted by molar-refractivity contribution is 6.39. The summed E-state index contributed by atoms with van der Waals surface area (Å²) in [5, 5.41) is 33.7. The lowest BCUT2D eigenvalue weighted by molar-refractivity contribution is -0.385. The fourth-order valence-electron chi connectivity index (χ4n) is 2.46. The van der Waals surface area contributed by atoms with Crippen molar-refractivity contribution in [2.75, 3.05) is 0 Å². The number of nitro benzene ring substituents is 1. The Bertz CT molecular complexity index is 753. The van der Waals surface area contributed by atoms with Crippen LogP contribution in [0.2, 0.25) is 0 Å². The van der Waals surface area contributed by atoms with Crippen molar-refractivity contribution in [3.05, 3.63) is 51.2 Å².